The minimum absolute atomic E-state index is 0.307. The lowest BCUT2D eigenvalue weighted by Gasteiger charge is -2.16. The van der Waals surface area contributed by atoms with Crippen molar-refractivity contribution >= 4 is 18.6 Å². The van der Waals surface area contributed by atoms with Gasteiger partial charge in [-0.3, -0.25) is 4.79 Å². The first-order chi connectivity index (χ1) is 7.60. The number of aliphatic carboxylic acids is 1. The van der Waals surface area contributed by atoms with Crippen LogP contribution in [0.25, 0.3) is 0 Å². The molecule has 0 fully saturated rings. The van der Waals surface area contributed by atoms with E-state index >= 15 is 0 Å². The molecule has 0 aliphatic carbocycles. The molecule has 16 heavy (non-hydrogen) atoms. The van der Waals surface area contributed by atoms with Crippen molar-refractivity contribution in [3.05, 3.63) is 0 Å². The third-order valence-corrected chi connectivity index (χ3v) is 3.66. The normalized spacial score (nSPS) is 14.7. The van der Waals surface area contributed by atoms with Gasteiger partial charge in [0.2, 0.25) is 0 Å². The summed E-state index contributed by atoms with van der Waals surface area (Å²) in [6.45, 7) is 4.36. The molecular weight excluding hydrogens is 220 g/mol. The Balaban J connectivity index is 3.61. The van der Waals surface area contributed by atoms with Gasteiger partial charge in [0.15, 0.2) is 0 Å². The SMILES string of the molecule is CCCCC(CS)CCC(C)CCC(=O)O. The Bertz CT molecular complexity index is 183. The van der Waals surface area contributed by atoms with E-state index in [1.54, 1.807) is 0 Å². The highest BCUT2D eigenvalue weighted by Gasteiger charge is 2.10. The second-order valence-corrected chi connectivity index (χ2v) is 5.17. The number of unbranched alkanes of at least 4 members (excludes halogenated alkanes) is 1. The van der Waals surface area contributed by atoms with E-state index < -0.39 is 5.97 Å². The quantitative estimate of drug-likeness (QED) is 0.572. The molecule has 0 aromatic carbocycles. The van der Waals surface area contributed by atoms with Gasteiger partial charge in [0.25, 0.3) is 0 Å². The fraction of sp³-hybridized carbons (Fsp3) is 0.923. The lowest BCUT2D eigenvalue weighted by atomic mass is 9.92. The Morgan fingerprint density at radius 2 is 1.94 bits per heavy atom. The molecule has 0 rings (SSSR count). The average molecular weight is 246 g/mol. The van der Waals surface area contributed by atoms with Gasteiger partial charge in [0.1, 0.15) is 0 Å². The summed E-state index contributed by atoms with van der Waals surface area (Å²) in [5.41, 5.74) is 0. The number of carboxylic acid groups (broad SMARTS) is 1. The van der Waals surface area contributed by atoms with Gasteiger partial charge in [-0.1, -0.05) is 33.1 Å². The predicted molar refractivity (Wildman–Crippen MR) is 72.1 cm³/mol. The van der Waals surface area contributed by atoms with Gasteiger partial charge in [-0.2, -0.15) is 12.6 Å². The lowest BCUT2D eigenvalue weighted by molar-refractivity contribution is -0.137. The van der Waals surface area contributed by atoms with Gasteiger partial charge in [-0.15, -0.1) is 0 Å². The summed E-state index contributed by atoms with van der Waals surface area (Å²) >= 11 is 4.38. The first-order valence-electron chi connectivity index (χ1n) is 6.42. The van der Waals surface area contributed by atoms with Gasteiger partial charge in [0, 0.05) is 6.42 Å². The Kier molecular flexibility index (Phi) is 9.89. The fourth-order valence-electron chi connectivity index (χ4n) is 1.85. The van der Waals surface area contributed by atoms with Gasteiger partial charge in [-0.05, 0) is 36.9 Å². The van der Waals surface area contributed by atoms with E-state index in [1.165, 1.54) is 25.7 Å². The van der Waals surface area contributed by atoms with E-state index in [-0.39, 0.29) is 0 Å². The first kappa shape index (κ1) is 15.8. The van der Waals surface area contributed by atoms with Crippen molar-refractivity contribution in [3.63, 3.8) is 0 Å². The summed E-state index contributed by atoms with van der Waals surface area (Å²) in [5, 5.41) is 8.59. The first-order valence-corrected chi connectivity index (χ1v) is 7.06. The number of thiol groups is 1. The molecule has 0 bridgehead atoms. The van der Waals surface area contributed by atoms with Crippen LogP contribution >= 0.6 is 12.6 Å². The van der Waals surface area contributed by atoms with Crippen LogP contribution in [0.15, 0.2) is 0 Å². The van der Waals surface area contributed by atoms with Crippen LogP contribution in [0.2, 0.25) is 0 Å². The zero-order chi connectivity index (χ0) is 12.4. The largest absolute Gasteiger partial charge is 0.481 e. The zero-order valence-corrected chi connectivity index (χ0v) is 11.5. The van der Waals surface area contributed by atoms with Crippen LogP contribution in [-0.2, 0) is 4.79 Å². The van der Waals surface area contributed by atoms with Crippen molar-refractivity contribution in [1.82, 2.24) is 0 Å². The van der Waals surface area contributed by atoms with Gasteiger partial charge < -0.3 is 5.11 Å². The molecule has 0 saturated heterocycles. The Morgan fingerprint density at radius 1 is 1.25 bits per heavy atom. The molecular formula is C13H26O2S. The van der Waals surface area contributed by atoms with Crippen LogP contribution < -0.4 is 0 Å². The molecule has 0 aliphatic heterocycles. The Labute approximate surface area is 105 Å². The summed E-state index contributed by atoms with van der Waals surface area (Å²) in [6.07, 6.45) is 7.26. The van der Waals surface area contributed by atoms with Gasteiger partial charge in [-0.25, -0.2) is 0 Å². The fourth-order valence-corrected chi connectivity index (χ4v) is 2.22. The molecule has 0 aromatic heterocycles. The van der Waals surface area contributed by atoms with Crippen LogP contribution in [0.3, 0.4) is 0 Å². The molecule has 0 aromatic rings. The molecule has 96 valence electrons. The molecule has 0 radical (unpaired) electrons. The number of rotatable bonds is 10. The molecule has 0 heterocycles. The predicted octanol–water partition coefficient (Wildman–Crippen LogP) is 4.00. The van der Waals surface area contributed by atoms with E-state index in [1.807, 2.05) is 0 Å². The van der Waals surface area contributed by atoms with Crippen LogP contribution in [0.5, 0.6) is 0 Å². The zero-order valence-electron chi connectivity index (χ0n) is 10.6. The summed E-state index contributed by atoms with van der Waals surface area (Å²) in [5.74, 6) is 1.53. The molecule has 2 nitrogen and oxygen atoms in total. The van der Waals surface area contributed by atoms with E-state index in [0.29, 0.717) is 12.3 Å². The molecule has 0 saturated carbocycles. The summed E-state index contributed by atoms with van der Waals surface area (Å²) in [6, 6.07) is 0. The molecule has 0 amide bonds. The molecule has 0 spiro atoms. The van der Waals surface area contributed by atoms with Crippen molar-refractivity contribution in [3.8, 4) is 0 Å². The van der Waals surface area contributed by atoms with Crippen LogP contribution in [0, 0.1) is 11.8 Å². The van der Waals surface area contributed by atoms with Gasteiger partial charge in [0.05, 0.1) is 0 Å². The highest BCUT2D eigenvalue weighted by atomic mass is 32.1. The topological polar surface area (TPSA) is 37.3 Å². The van der Waals surface area contributed by atoms with Crippen molar-refractivity contribution in [1.29, 1.82) is 0 Å². The summed E-state index contributed by atoms with van der Waals surface area (Å²) < 4.78 is 0. The third kappa shape index (κ3) is 9.08. The van der Waals surface area contributed by atoms with Crippen molar-refractivity contribution in [2.75, 3.05) is 5.75 Å². The minimum atomic E-state index is -0.677. The highest BCUT2D eigenvalue weighted by Crippen LogP contribution is 2.21. The van der Waals surface area contributed by atoms with E-state index in [0.717, 1.165) is 24.5 Å². The minimum Gasteiger partial charge on any atom is -0.481 e. The molecule has 1 N–H and O–H groups in total. The number of carboxylic acids is 1. The van der Waals surface area contributed by atoms with Crippen molar-refractivity contribution < 1.29 is 9.90 Å². The van der Waals surface area contributed by atoms with Crippen LogP contribution in [-0.4, -0.2) is 16.8 Å². The second kappa shape index (κ2) is 10.0. The van der Waals surface area contributed by atoms with Crippen molar-refractivity contribution in [2.45, 2.75) is 58.8 Å². The standard InChI is InChI=1S/C13H26O2S/c1-3-4-5-12(10-16)8-6-11(2)7-9-13(14)15/h11-12,16H,3-10H2,1-2H3,(H,14,15). The Morgan fingerprint density at radius 3 is 2.44 bits per heavy atom. The lowest BCUT2D eigenvalue weighted by Crippen LogP contribution is -2.07. The molecule has 0 aliphatic rings. The van der Waals surface area contributed by atoms with Crippen molar-refractivity contribution in [2.24, 2.45) is 11.8 Å². The average Bonchev–Trinajstić information content (AvgIpc) is 2.26. The van der Waals surface area contributed by atoms with E-state index in [9.17, 15) is 4.79 Å². The summed E-state index contributed by atoms with van der Waals surface area (Å²) in [7, 11) is 0. The van der Waals surface area contributed by atoms with Gasteiger partial charge >= 0.3 is 5.97 Å². The Hall–Kier alpha value is -0.180. The monoisotopic (exact) mass is 246 g/mol. The highest BCUT2D eigenvalue weighted by molar-refractivity contribution is 7.80. The molecule has 2 unspecified atom stereocenters. The van der Waals surface area contributed by atoms with Crippen LogP contribution in [0.1, 0.15) is 58.8 Å². The van der Waals surface area contributed by atoms with E-state index in [2.05, 4.69) is 26.5 Å². The van der Waals surface area contributed by atoms with Crippen LogP contribution in [0.4, 0.5) is 0 Å². The maximum absolute atomic E-state index is 10.4. The number of hydrogen-bond acceptors (Lipinski definition) is 2. The van der Waals surface area contributed by atoms with E-state index in [4.69, 9.17) is 5.11 Å². The molecule has 2 atom stereocenters. The third-order valence-electron chi connectivity index (χ3n) is 3.14. The maximum Gasteiger partial charge on any atom is 0.303 e. The smallest absolute Gasteiger partial charge is 0.303 e. The molecule has 3 heteroatoms. The number of hydrogen-bond donors (Lipinski definition) is 2. The number of carbonyl (C=O) groups is 1. The summed E-state index contributed by atoms with van der Waals surface area (Å²) in [4.78, 5) is 10.4. The maximum atomic E-state index is 10.4. The second-order valence-electron chi connectivity index (χ2n) is 4.81.